The molecule has 0 spiro atoms. The van der Waals surface area contributed by atoms with Crippen LogP contribution >= 0.6 is 0 Å². The first-order chi connectivity index (χ1) is 7.34. The van der Waals surface area contributed by atoms with Crippen molar-refractivity contribution in [3.63, 3.8) is 0 Å². The Labute approximate surface area is 101 Å². The highest BCUT2D eigenvalue weighted by Crippen LogP contribution is 2.29. The molecule has 0 bridgehead atoms. The van der Waals surface area contributed by atoms with E-state index in [1.54, 1.807) is 6.92 Å². The van der Waals surface area contributed by atoms with Crippen molar-refractivity contribution in [2.24, 2.45) is 11.3 Å². The third kappa shape index (κ3) is 8.90. The fourth-order valence-electron chi connectivity index (χ4n) is 1.48. The Bertz CT molecular complexity index is 191. The van der Waals surface area contributed by atoms with E-state index in [0.29, 0.717) is 5.41 Å². The maximum Gasteiger partial charge on any atom is 0.155 e. The zero-order valence-corrected chi connectivity index (χ0v) is 11.6. The standard InChI is InChI=1S/C14H28O2/c1-12(14(3,4)5)9-7-6-8-10-16-11-13(2)15/h12H,6-11H2,1-5H3. The number of rotatable bonds is 8. The van der Waals surface area contributed by atoms with E-state index < -0.39 is 0 Å². The van der Waals surface area contributed by atoms with Gasteiger partial charge in [-0.05, 0) is 24.7 Å². The van der Waals surface area contributed by atoms with Crippen LogP contribution in [0, 0.1) is 11.3 Å². The molecule has 0 aliphatic rings. The van der Waals surface area contributed by atoms with Crippen LogP contribution < -0.4 is 0 Å². The van der Waals surface area contributed by atoms with Crippen LogP contribution in [0.5, 0.6) is 0 Å². The molecule has 0 N–H and O–H groups in total. The molecule has 0 rings (SSSR count). The second kappa shape index (κ2) is 7.83. The minimum atomic E-state index is 0.112. The molecule has 2 heteroatoms. The normalized spacial score (nSPS) is 13.8. The zero-order chi connectivity index (χ0) is 12.6. The minimum absolute atomic E-state index is 0.112. The Morgan fingerprint density at radius 2 is 1.81 bits per heavy atom. The smallest absolute Gasteiger partial charge is 0.155 e. The van der Waals surface area contributed by atoms with E-state index >= 15 is 0 Å². The van der Waals surface area contributed by atoms with Gasteiger partial charge in [-0.3, -0.25) is 4.79 Å². The Morgan fingerprint density at radius 3 is 2.31 bits per heavy atom. The Hall–Kier alpha value is -0.370. The van der Waals surface area contributed by atoms with Gasteiger partial charge in [0.05, 0.1) is 0 Å². The molecule has 1 atom stereocenters. The highest BCUT2D eigenvalue weighted by Gasteiger charge is 2.18. The van der Waals surface area contributed by atoms with Gasteiger partial charge in [0.15, 0.2) is 5.78 Å². The van der Waals surface area contributed by atoms with Crippen molar-refractivity contribution in [2.45, 2.75) is 60.3 Å². The molecule has 0 saturated heterocycles. The molecule has 2 nitrogen and oxygen atoms in total. The highest BCUT2D eigenvalue weighted by molar-refractivity contribution is 5.76. The molecule has 0 amide bonds. The summed E-state index contributed by atoms with van der Waals surface area (Å²) in [7, 11) is 0. The van der Waals surface area contributed by atoms with Gasteiger partial charge < -0.3 is 4.74 Å². The SMILES string of the molecule is CC(=O)COCCCCCC(C)C(C)(C)C. The third-order valence-electron chi connectivity index (χ3n) is 3.21. The molecule has 0 heterocycles. The van der Waals surface area contributed by atoms with Crippen LogP contribution in [0.2, 0.25) is 0 Å². The largest absolute Gasteiger partial charge is 0.374 e. The molecular formula is C14H28O2. The van der Waals surface area contributed by atoms with Gasteiger partial charge in [-0.15, -0.1) is 0 Å². The minimum Gasteiger partial charge on any atom is -0.374 e. The number of carbonyl (C=O) groups is 1. The van der Waals surface area contributed by atoms with Crippen LogP contribution in [0.3, 0.4) is 0 Å². The van der Waals surface area contributed by atoms with Crippen molar-refractivity contribution in [3.05, 3.63) is 0 Å². The summed E-state index contributed by atoms with van der Waals surface area (Å²) in [5, 5.41) is 0. The summed E-state index contributed by atoms with van der Waals surface area (Å²) in [6.07, 6.45) is 4.83. The van der Waals surface area contributed by atoms with Gasteiger partial charge in [0.25, 0.3) is 0 Å². The predicted molar refractivity (Wildman–Crippen MR) is 68.6 cm³/mol. The van der Waals surface area contributed by atoms with Gasteiger partial charge in [0.1, 0.15) is 6.61 Å². The molecule has 0 aliphatic heterocycles. The molecule has 1 unspecified atom stereocenters. The second-order valence-corrected chi connectivity index (χ2v) is 5.87. The number of hydrogen-bond acceptors (Lipinski definition) is 2. The number of hydrogen-bond donors (Lipinski definition) is 0. The molecule has 96 valence electrons. The van der Waals surface area contributed by atoms with E-state index in [9.17, 15) is 4.79 Å². The molecular weight excluding hydrogens is 200 g/mol. The highest BCUT2D eigenvalue weighted by atomic mass is 16.5. The summed E-state index contributed by atoms with van der Waals surface area (Å²) in [5.41, 5.74) is 0.422. The molecule has 16 heavy (non-hydrogen) atoms. The Kier molecular flexibility index (Phi) is 7.65. The maximum absolute atomic E-state index is 10.6. The van der Waals surface area contributed by atoms with Gasteiger partial charge in [-0.2, -0.15) is 0 Å². The lowest BCUT2D eigenvalue weighted by Crippen LogP contribution is -2.17. The van der Waals surface area contributed by atoms with Crippen LogP contribution in [-0.2, 0) is 9.53 Å². The van der Waals surface area contributed by atoms with E-state index in [0.717, 1.165) is 18.9 Å². The lowest BCUT2D eigenvalue weighted by Gasteiger charge is -2.27. The number of ketones is 1. The third-order valence-corrected chi connectivity index (χ3v) is 3.21. The first kappa shape index (κ1) is 15.6. The van der Waals surface area contributed by atoms with E-state index in [1.807, 2.05) is 0 Å². The van der Waals surface area contributed by atoms with Crippen molar-refractivity contribution in [3.8, 4) is 0 Å². The van der Waals surface area contributed by atoms with Crippen molar-refractivity contribution >= 4 is 5.78 Å². The van der Waals surface area contributed by atoms with E-state index in [-0.39, 0.29) is 12.4 Å². The fraction of sp³-hybridized carbons (Fsp3) is 0.929. The molecule has 0 aromatic rings. The lowest BCUT2D eigenvalue weighted by atomic mass is 9.79. The second-order valence-electron chi connectivity index (χ2n) is 5.87. The van der Waals surface area contributed by atoms with E-state index in [2.05, 4.69) is 27.7 Å². The van der Waals surface area contributed by atoms with Crippen LogP contribution in [0.25, 0.3) is 0 Å². The van der Waals surface area contributed by atoms with Crippen molar-refractivity contribution in [1.29, 1.82) is 0 Å². The Morgan fingerprint density at radius 1 is 1.19 bits per heavy atom. The average Bonchev–Trinajstić information content (AvgIpc) is 2.14. The number of Topliss-reactive ketones (excluding diaryl/α,β-unsaturated/α-hetero) is 1. The molecule has 0 aliphatic carbocycles. The average molecular weight is 228 g/mol. The zero-order valence-electron chi connectivity index (χ0n) is 11.6. The summed E-state index contributed by atoms with van der Waals surface area (Å²) in [4.78, 5) is 10.6. The molecule has 0 aromatic heterocycles. The van der Waals surface area contributed by atoms with Crippen LogP contribution in [-0.4, -0.2) is 19.0 Å². The molecule has 0 fully saturated rings. The first-order valence-corrected chi connectivity index (χ1v) is 6.41. The Balaban J connectivity index is 3.31. The summed E-state index contributed by atoms with van der Waals surface area (Å²) in [6, 6.07) is 0. The summed E-state index contributed by atoms with van der Waals surface area (Å²) >= 11 is 0. The topological polar surface area (TPSA) is 26.3 Å². The quantitative estimate of drug-likeness (QED) is 0.590. The predicted octanol–water partition coefficient (Wildman–Crippen LogP) is 3.83. The maximum atomic E-state index is 10.6. The molecule has 0 aromatic carbocycles. The van der Waals surface area contributed by atoms with Crippen molar-refractivity contribution in [2.75, 3.05) is 13.2 Å². The number of unbranched alkanes of at least 4 members (excludes halogenated alkanes) is 2. The van der Waals surface area contributed by atoms with Gasteiger partial charge in [-0.1, -0.05) is 47.0 Å². The summed E-state index contributed by atoms with van der Waals surface area (Å²) in [6.45, 7) is 11.8. The van der Waals surface area contributed by atoms with Crippen LogP contribution in [0.4, 0.5) is 0 Å². The monoisotopic (exact) mass is 228 g/mol. The number of carbonyl (C=O) groups excluding carboxylic acids is 1. The van der Waals surface area contributed by atoms with Gasteiger partial charge >= 0.3 is 0 Å². The fourth-order valence-corrected chi connectivity index (χ4v) is 1.48. The van der Waals surface area contributed by atoms with Crippen molar-refractivity contribution < 1.29 is 9.53 Å². The van der Waals surface area contributed by atoms with Gasteiger partial charge in [0, 0.05) is 6.61 Å². The van der Waals surface area contributed by atoms with E-state index in [1.165, 1.54) is 19.3 Å². The first-order valence-electron chi connectivity index (χ1n) is 6.41. The number of ether oxygens (including phenoxy) is 1. The summed E-state index contributed by atoms with van der Waals surface area (Å²) in [5.74, 6) is 0.881. The van der Waals surface area contributed by atoms with Gasteiger partial charge in [0.2, 0.25) is 0 Å². The van der Waals surface area contributed by atoms with E-state index in [4.69, 9.17) is 4.74 Å². The molecule has 0 saturated carbocycles. The van der Waals surface area contributed by atoms with Crippen LogP contribution in [0.1, 0.15) is 60.3 Å². The van der Waals surface area contributed by atoms with Crippen LogP contribution in [0.15, 0.2) is 0 Å². The van der Waals surface area contributed by atoms with Crippen molar-refractivity contribution in [1.82, 2.24) is 0 Å². The lowest BCUT2D eigenvalue weighted by molar-refractivity contribution is -0.121. The van der Waals surface area contributed by atoms with Gasteiger partial charge in [-0.25, -0.2) is 0 Å². The molecule has 0 radical (unpaired) electrons. The summed E-state index contributed by atoms with van der Waals surface area (Å²) < 4.78 is 5.22.